The van der Waals surface area contributed by atoms with Crippen LogP contribution in [0.4, 0.5) is 0 Å². The van der Waals surface area contributed by atoms with Gasteiger partial charge in [-0.1, -0.05) is 36.2 Å². The maximum absolute atomic E-state index is 12.7. The minimum Gasteiger partial charge on any atom is -0.354 e. The van der Waals surface area contributed by atoms with Crippen LogP contribution in [0.25, 0.3) is 0 Å². The normalized spacial score (nSPS) is 21.5. The zero-order valence-corrected chi connectivity index (χ0v) is 14.6. The third kappa shape index (κ3) is 4.33. The van der Waals surface area contributed by atoms with Crippen LogP contribution in [0.5, 0.6) is 0 Å². The molecule has 126 valence electrons. The molecule has 0 heterocycles. The molecule has 0 radical (unpaired) electrons. The van der Waals surface area contributed by atoms with Crippen molar-refractivity contribution in [2.45, 2.75) is 57.5 Å². The molecule has 1 saturated carbocycles. The van der Waals surface area contributed by atoms with E-state index >= 15 is 0 Å². The van der Waals surface area contributed by atoms with Gasteiger partial charge < -0.3 is 10.6 Å². The Kier molecular flexibility index (Phi) is 6.19. The summed E-state index contributed by atoms with van der Waals surface area (Å²) in [4.78, 5) is 24.5. The second kappa shape index (κ2) is 7.93. The summed E-state index contributed by atoms with van der Waals surface area (Å²) in [7, 11) is 0. The van der Waals surface area contributed by atoms with Crippen molar-refractivity contribution in [3.8, 4) is 0 Å². The van der Waals surface area contributed by atoms with E-state index in [9.17, 15) is 9.59 Å². The molecule has 1 atom stereocenters. The monoisotopic (exact) mass is 336 g/mol. The number of hydrogen-bond donors (Lipinski definition) is 2. The van der Waals surface area contributed by atoms with Gasteiger partial charge in [0.25, 0.3) is 0 Å². The Morgan fingerprint density at radius 3 is 2.70 bits per heavy atom. The van der Waals surface area contributed by atoms with E-state index < -0.39 is 5.54 Å². The fourth-order valence-electron chi connectivity index (χ4n) is 3.19. The van der Waals surface area contributed by atoms with Crippen molar-refractivity contribution < 1.29 is 9.59 Å². The van der Waals surface area contributed by atoms with Gasteiger partial charge in [0.1, 0.15) is 5.54 Å². The number of nitrogens with one attached hydrogen (secondary N) is 2. The smallest absolute Gasteiger partial charge is 0.221 e. The van der Waals surface area contributed by atoms with Crippen LogP contribution in [-0.4, -0.2) is 24.3 Å². The van der Waals surface area contributed by atoms with Gasteiger partial charge in [0.05, 0.1) is 0 Å². The van der Waals surface area contributed by atoms with Gasteiger partial charge in [-0.2, -0.15) is 0 Å². The molecule has 2 N–H and O–H groups in total. The highest BCUT2D eigenvalue weighted by atomic mass is 35.5. The molecule has 0 spiro atoms. The molecule has 1 fully saturated rings. The Morgan fingerprint density at radius 1 is 1.30 bits per heavy atom. The van der Waals surface area contributed by atoms with Gasteiger partial charge in [0, 0.05) is 30.5 Å². The second-order valence-corrected chi connectivity index (χ2v) is 6.82. The summed E-state index contributed by atoms with van der Waals surface area (Å²) < 4.78 is 0. The Hall–Kier alpha value is -1.39. The molecule has 1 unspecified atom stereocenters. The molecule has 0 aliphatic heterocycles. The lowest BCUT2D eigenvalue weighted by Crippen LogP contribution is -2.52. The molecular formula is C18H25ClN2O2. The highest BCUT2D eigenvalue weighted by Crippen LogP contribution is 2.37. The molecule has 5 heteroatoms. The minimum atomic E-state index is -0.755. The van der Waals surface area contributed by atoms with Gasteiger partial charge in [-0.15, -0.1) is 0 Å². The standard InChI is InChI=1S/C18H25ClN2O2/c1-13(2)21-17(23)10-12-20-18(11-6-5-9-16(18)22)14-7-3-4-8-15(14)19/h3-4,7-8,13,20H,5-6,9-12H2,1-2H3,(H,21,23). The van der Waals surface area contributed by atoms with Gasteiger partial charge >= 0.3 is 0 Å². The zero-order valence-electron chi connectivity index (χ0n) is 13.8. The number of carbonyl (C=O) groups excluding carboxylic acids is 2. The molecule has 1 amide bonds. The van der Waals surface area contributed by atoms with Gasteiger partial charge in [0.2, 0.25) is 5.91 Å². The molecule has 1 aromatic carbocycles. The predicted molar refractivity (Wildman–Crippen MR) is 92.5 cm³/mol. The van der Waals surface area contributed by atoms with Gasteiger partial charge in [-0.05, 0) is 38.3 Å². The van der Waals surface area contributed by atoms with Crippen molar-refractivity contribution in [1.29, 1.82) is 0 Å². The third-order valence-corrected chi connectivity index (χ3v) is 4.57. The molecule has 1 aliphatic rings. The zero-order chi connectivity index (χ0) is 16.9. The number of carbonyl (C=O) groups is 2. The Bertz CT molecular complexity index is 574. The lowest BCUT2D eigenvalue weighted by atomic mass is 9.75. The first-order valence-corrected chi connectivity index (χ1v) is 8.66. The van der Waals surface area contributed by atoms with E-state index in [4.69, 9.17) is 11.6 Å². The third-order valence-electron chi connectivity index (χ3n) is 4.24. The number of rotatable bonds is 6. The lowest BCUT2D eigenvalue weighted by Gasteiger charge is -2.38. The van der Waals surface area contributed by atoms with Gasteiger partial charge in [0.15, 0.2) is 5.78 Å². The maximum Gasteiger partial charge on any atom is 0.221 e. The van der Waals surface area contributed by atoms with E-state index in [1.807, 2.05) is 38.1 Å². The number of halogens is 1. The Morgan fingerprint density at radius 2 is 2.04 bits per heavy atom. The van der Waals surface area contributed by atoms with Gasteiger partial charge in [-0.25, -0.2) is 0 Å². The average Bonchev–Trinajstić information content (AvgIpc) is 2.49. The van der Waals surface area contributed by atoms with E-state index in [0.717, 1.165) is 24.8 Å². The van der Waals surface area contributed by atoms with Crippen molar-refractivity contribution in [2.24, 2.45) is 0 Å². The van der Waals surface area contributed by atoms with E-state index in [2.05, 4.69) is 10.6 Å². The van der Waals surface area contributed by atoms with Crippen molar-refractivity contribution in [2.75, 3.05) is 6.54 Å². The average molecular weight is 337 g/mol. The topological polar surface area (TPSA) is 58.2 Å². The van der Waals surface area contributed by atoms with Crippen LogP contribution in [0.1, 0.15) is 51.5 Å². The van der Waals surface area contributed by atoms with Crippen LogP contribution in [0.15, 0.2) is 24.3 Å². The predicted octanol–water partition coefficient (Wildman–Crippen LogP) is 3.18. The summed E-state index contributed by atoms with van der Waals surface area (Å²) in [6.07, 6.45) is 3.51. The highest BCUT2D eigenvalue weighted by Gasteiger charge is 2.42. The number of amides is 1. The summed E-state index contributed by atoms with van der Waals surface area (Å²) in [5, 5.41) is 6.82. The summed E-state index contributed by atoms with van der Waals surface area (Å²) in [5.41, 5.74) is 0.0740. The molecule has 4 nitrogen and oxygen atoms in total. The lowest BCUT2D eigenvalue weighted by molar-refractivity contribution is -0.128. The quantitative estimate of drug-likeness (QED) is 0.838. The number of ketones is 1. The summed E-state index contributed by atoms with van der Waals surface area (Å²) in [6.45, 7) is 4.32. The Labute approximate surface area is 143 Å². The fourth-order valence-corrected chi connectivity index (χ4v) is 3.48. The van der Waals surface area contributed by atoms with Crippen LogP contribution in [0.3, 0.4) is 0 Å². The van der Waals surface area contributed by atoms with Crippen LogP contribution in [-0.2, 0) is 15.1 Å². The SMILES string of the molecule is CC(C)NC(=O)CCNC1(c2ccccc2Cl)CCCCC1=O. The first-order valence-electron chi connectivity index (χ1n) is 8.28. The van der Waals surface area contributed by atoms with Crippen LogP contribution < -0.4 is 10.6 Å². The molecule has 0 saturated heterocycles. The molecule has 2 rings (SSSR count). The van der Waals surface area contributed by atoms with E-state index in [1.54, 1.807) is 0 Å². The molecular weight excluding hydrogens is 312 g/mol. The van der Waals surface area contributed by atoms with Crippen LogP contribution in [0.2, 0.25) is 5.02 Å². The Balaban J connectivity index is 2.14. The summed E-state index contributed by atoms with van der Waals surface area (Å²) >= 11 is 6.35. The van der Waals surface area contributed by atoms with Crippen molar-refractivity contribution in [3.05, 3.63) is 34.9 Å². The van der Waals surface area contributed by atoms with Crippen molar-refractivity contribution in [1.82, 2.24) is 10.6 Å². The molecule has 0 aromatic heterocycles. The molecule has 1 aromatic rings. The van der Waals surface area contributed by atoms with E-state index in [0.29, 0.717) is 24.4 Å². The van der Waals surface area contributed by atoms with Crippen LogP contribution >= 0.6 is 11.6 Å². The molecule has 0 bridgehead atoms. The van der Waals surface area contributed by atoms with Crippen LogP contribution in [0, 0.1) is 0 Å². The minimum absolute atomic E-state index is 0.00920. The second-order valence-electron chi connectivity index (χ2n) is 6.41. The fraction of sp³-hybridized carbons (Fsp3) is 0.556. The van der Waals surface area contributed by atoms with Crippen molar-refractivity contribution >= 4 is 23.3 Å². The number of Topliss-reactive ketones (excluding diaryl/α,β-unsaturated/α-hetero) is 1. The van der Waals surface area contributed by atoms with E-state index in [-0.39, 0.29) is 17.7 Å². The van der Waals surface area contributed by atoms with Crippen molar-refractivity contribution in [3.63, 3.8) is 0 Å². The number of benzene rings is 1. The van der Waals surface area contributed by atoms with E-state index in [1.165, 1.54) is 0 Å². The first kappa shape index (κ1) is 18.0. The van der Waals surface area contributed by atoms with Gasteiger partial charge in [-0.3, -0.25) is 9.59 Å². The summed E-state index contributed by atoms with van der Waals surface area (Å²) in [6, 6.07) is 7.61. The molecule has 1 aliphatic carbocycles. The summed E-state index contributed by atoms with van der Waals surface area (Å²) in [5.74, 6) is 0.159. The number of hydrogen-bond acceptors (Lipinski definition) is 3. The maximum atomic E-state index is 12.7. The first-order chi connectivity index (χ1) is 11.0. The largest absolute Gasteiger partial charge is 0.354 e. The highest BCUT2D eigenvalue weighted by molar-refractivity contribution is 6.31. The molecule has 23 heavy (non-hydrogen) atoms.